The Hall–Kier alpha value is -1.03. The number of halogens is 1. The first-order valence-corrected chi connectivity index (χ1v) is 6.53. The van der Waals surface area contributed by atoms with Gasteiger partial charge >= 0.3 is 0 Å². The quantitative estimate of drug-likeness (QED) is 0.817. The van der Waals surface area contributed by atoms with E-state index in [4.69, 9.17) is 16.0 Å². The lowest BCUT2D eigenvalue weighted by Crippen LogP contribution is -2.35. The van der Waals surface area contributed by atoms with Crippen molar-refractivity contribution in [1.29, 1.82) is 0 Å². The highest BCUT2D eigenvalue weighted by atomic mass is 35.5. The van der Waals surface area contributed by atoms with E-state index < -0.39 is 5.60 Å². The van der Waals surface area contributed by atoms with Gasteiger partial charge in [0.05, 0.1) is 0 Å². The molecule has 98 valence electrons. The molecule has 1 unspecified atom stereocenters. The summed E-state index contributed by atoms with van der Waals surface area (Å²) in [5, 5.41) is 15.2. The van der Waals surface area contributed by atoms with Gasteiger partial charge < -0.3 is 14.8 Å². The molecule has 0 saturated carbocycles. The van der Waals surface area contributed by atoms with Gasteiger partial charge in [-0.25, -0.2) is 0 Å². The highest BCUT2D eigenvalue weighted by Gasteiger charge is 2.26. The van der Waals surface area contributed by atoms with E-state index in [1.165, 1.54) is 0 Å². The minimum absolute atomic E-state index is 0.467. The smallest absolute Gasteiger partial charge is 0.137 e. The molecule has 0 saturated heterocycles. The summed E-state index contributed by atoms with van der Waals surface area (Å²) >= 11 is 5.93. The number of furan rings is 1. The van der Waals surface area contributed by atoms with Gasteiger partial charge in [-0.1, -0.05) is 18.5 Å². The zero-order valence-electron chi connectivity index (χ0n) is 10.7. The van der Waals surface area contributed by atoms with Gasteiger partial charge in [0.2, 0.25) is 0 Å². The molecule has 0 spiro atoms. The van der Waals surface area contributed by atoms with Crippen LogP contribution in [0.3, 0.4) is 0 Å². The predicted molar refractivity (Wildman–Crippen MR) is 74.0 cm³/mol. The van der Waals surface area contributed by atoms with Gasteiger partial charge in [-0.05, 0) is 44.2 Å². The van der Waals surface area contributed by atoms with E-state index in [0.29, 0.717) is 17.3 Å². The summed E-state index contributed by atoms with van der Waals surface area (Å²) < 4.78 is 5.67. The fraction of sp³-hybridized carbons (Fsp3) is 0.429. The molecule has 0 fully saturated rings. The molecule has 0 amide bonds. The Kier molecular flexibility index (Phi) is 3.95. The molecule has 3 nitrogen and oxygen atoms in total. The SMILES string of the molecule is CCCNCC(C)(O)c1cc2cc(Cl)ccc2o1. The summed E-state index contributed by atoms with van der Waals surface area (Å²) in [6.07, 6.45) is 1.03. The molecule has 4 heteroatoms. The van der Waals surface area contributed by atoms with Crippen molar-refractivity contribution in [3.8, 4) is 0 Å². The van der Waals surface area contributed by atoms with E-state index in [-0.39, 0.29) is 0 Å². The number of hydrogen-bond acceptors (Lipinski definition) is 3. The Balaban J connectivity index is 2.24. The molecular weight excluding hydrogens is 250 g/mol. The van der Waals surface area contributed by atoms with Crippen molar-refractivity contribution in [3.05, 3.63) is 35.0 Å². The summed E-state index contributed by atoms with van der Waals surface area (Å²) in [6.45, 7) is 5.18. The molecule has 2 aromatic rings. The van der Waals surface area contributed by atoms with Gasteiger partial charge in [0.1, 0.15) is 16.9 Å². The Morgan fingerprint density at radius 2 is 2.17 bits per heavy atom. The Morgan fingerprint density at radius 3 is 2.89 bits per heavy atom. The normalized spacial score (nSPS) is 14.9. The summed E-state index contributed by atoms with van der Waals surface area (Å²) in [5.41, 5.74) is -0.272. The number of hydrogen-bond donors (Lipinski definition) is 2. The molecule has 0 bridgehead atoms. The second-order valence-electron chi connectivity index (χ2n) is 4.74. The lowest BCUT2D eigenvalue weighted by atomic mass is 10.0. The van der Waals surface area contributed by atoms with Crippen molar-refractivity contribution in [2.24, 2.45) is 0 Å². The lowest BCUT2D eigenvalue weighted by molar-refractivity contribution is 0.0361. The molecule has 0 aliphatic rings. The molecule has 18 heavy (non-hydrogen) atoms. The Morgan fingerprint density at radius 1 is 1.39 bits per heavy atom. The van der Waals surface area contributed by atoms with E-state index in [1.54, 1.807) is 13.0 Å². The third-order valence-electron chi connectivity index (χ3n) is 2.91. The van der Waals surface area contributed by atoms with Crippen LogP contribution in [0, 0.1) is 0 Å². The monoisotopic (exact) mass is 267 g/mol. The van der Waals surface area contributed by atoms with Crippen molar-refractivity contribution in [1.82, 2.24) is 5.32 Å². The molecule has 0 radical (unpaired) electrons. The van der Waals surface area contributed by atoms with Gasteiger partial charge in [0.25, 0.3) is 0 Å². The fourth-order valence-electron chi connectivity index (χ4n) is 1.88. The molecule has 2 N–H and O–H groups in total. The maximum Gasteiger partial charge on any atom is 0.137 e. The molecular formula is C14H18ClNO2. The van der Waals surface area contributed by atoms with Gasteiger partial charge in [0.15, 0.2) is 0 Å². The molecule has 0 aliphatic heterocycles. The van der Waals surface area contributed by atoms with Crippen molar-refractivity contribution < 1.29 is 9.52 Å². The first kappa shape index (κ1) is 13.4. The third-order valence-corrected chi connectivity index (χ3v) is 3.14. The first-order valence-electron chi connectivity index (χ1n) is 6.15. The summed E-state index contributed by atoms with van der Waals surface area (Å²) in [4.78, 5) is 0. The van der Waals surface area contributed by atoms with E-state index in [9.17, 15) is 5.11 Å². The average molecular weight is 268 g/mol. The fourth-order valence-corrected chi connectivity index (χ4v) is 2.06. The van der Waals surface area contributed by atoms with Crippen LogP contribution < -0.4 is 5.32 Å². The van der Waals surface area contributed by atoms with Crippen LogP contribution in [0.25, 0.3) is 11.0 Å². The minimum atomic E-state index is -1.01. The number of benzene rings is 1. The second kappa shape index (κ2) is 5.31. The van der Waals surface area contributed by atoms with E-state index in [2.05, 4.69) is 12.2 Å². The first-order chi connectivity index (χ1) is 8.53. The van der Waals surface area contributed by atoms with Crippen LogP contribution in [0.15, 0.2) is 28.7 Å². The third kappa shape index (κ3) is 2.86. The van der Waals surface area contributed by atoms with Crippen LogP contribution in [-0.2, 0) is 5.60 Å². The second-order valence-corrected chi connectivity index (χ2v) is 5.18. The number of aliphatic hydroxyl groups is 1. The molecule has 1 heterocycles. The molecule has 2 rings (SSSR count). The van der Waals surface area contributed by atoms with Gasteiger partial charge in [-0.3, -0.25) is 0 Å². The molecule has 1 aromatic carbocycles. The van der Waals surface area contributed by atoms with Gasteiger partial charge in [-0.15, -0.1) is 0 Å². The lowest BCUT2D eigenvalue weighted by Gasteiger charge is -2.20. The van der Waals surface area contributed by atoms with E-state index in [0.717, 1.165) is 23.9 Å². The van der Waals surface area contributed by atoms with Crippen molar-refractivity contribution >= 4 is 22.6 Å². The highest BCUT2D eigenvalue weighted by molar-refractivity contribution is 6.31. The van der Waals surface area contributed by atoms with Gasteiger partial charge in [0, 0.05) is 17.0 Å². The zero-order chi connectivity index (χ0) is 13.2. The summed E-state index contributed by atoms with van der Waals surface area (Å²) in [7, 11) is 0. The van der Waals surface area contributed by atoms with Crippen molar-refractivity contribution in [2.45, 2.75) is 25.9 Å². The minimum Gasteiger partial charge on any atom is -0.458 e. The van der Waals surface area contributed by atoms with Crippen LogP contribution in [0.5, 0.6) is 0 Å². The van der Waals surface area contributed by atoms with Crippen molar-refractivity contribution in [3.63, 3.8) is 0 Å². The topological polar surface area (TPSA) is 45.4 Å². The van der Waals surface area contributed by atoms with Crippen LogP contribution >= 0.6 is 11.6 Å². The molecule has 1 aromatic heterocycles. The Labute approximate surface area is 112 Å². The maximum atomic E-state index is 10.4. The van der Waals surface area contributed by atoms with Crippen LogP contribution in [-0.4, -0.2) is 18.2 Å². The number of rotatable bonds is 5. The van der Waals surface area contributed by atoms with Crippen LogP contribution in [0.4, 0.5) is 0 Å². The van der Waals surface area contributed by atoms with E-state index in [1.807, 2.05) is 18.2 Å². The zero-order valence-corrected chi connectivity index (χ0v) is 11.4. The summed E-state index contributed by atoms with van der Waals surface area (Å²) in [5.74, 6) is 0.559. The predicted octanol–water partition coefficient (Wildman–Crippen LogP) is 3.29. The maximum absolute atomic E-state index is 10.4. The van der Waals surface area contributed by atoms with Crippen molar-refractivity contribution in [2.75, 3.05) is 13.1 Å². The average Bonchev–Trinajstić information content (AvgIpc) is 2.72. The van der Waals surface area contributed by atoms with E-state index >= 15 is 0 Å². The summed E-state index contributed by atoms with van der Waals surface area (Å²) in [6, 6.07) is 7.27. The number of nitrogens with one attached hydrogen (secondary N) is 1. The number of fused-ring (bicyclic) bond motifs is 1. The van der Waals surface area contributed by atoms with Crippen LogP contribution in [0.2, 0.25) is 5.02 Å². The van der Waals surface area contributed by atoms with Crippen LogP contribution in [0.1, 0.15) is 26.0 Å². The Bertz CT molecular complexity index is 534. The van der Waals surface area contributed by atoms with Gasteiger partial charge in [-0.2, -0.15) is 0 Å². The highest BCUT2D eigenvalue weighted by Crippen LogP contribution is 2.29. The standard InChI is InChI=1S/C14H18ClNO2/c1-3-6-16-9-14(2,17)13-8-10-7-11(15)4-5-12(10)18-13/h4-5,7-8,16-17H,3,6,9H2,1-2H3. The molecule has 0 aliphatic carbocycles. The largest absolute Gasteiger partial charge is 0.458 e. The molecule has 1 atom stereocenters.